The van der Waals surface area contributed by atoms with Crippen LogP contribution in [0.25, 0.3) is 0 Å². The van der Waals surface area contributed by atoms with Crippen LogP contribution in [0.2, 0.25) is 0 Å². The maximum absolute atomic E-state index is 15.8. The van der Waals surface area contributed by atoms with E-state index < -0.39 is 6.17 Å². The molecule has 8 atom stereocenters. The summed E-state index contributed by atoms with van der Waals surface area (Å²) in [6, 6.07) is 11.3. The van der Waals surface area contributed by atoms with Crippen molar-refractivity contribution < 1.29 is 9.18 Å². The van der Waals surface area contributed by atoms with Crippen LogP contribution in [-0.4, -0.2) is 12.0 Å². The Kier molecular flexibility index (Phi) is 6.10. The van der Waals surface area contributed by atoms with Gasteiger partial charge >= 0.3 is 0 Å². The van der Waals surface area contributed by atoms with Gasteiger partial charge in [0.2, 0.25) is 0 Å². The molecule has 8 aliphatic carbocycles. The number of benzene rings is 1. The molecule has 7 saturated carbocycles. The van der Waals surface area contributed by atoms with E-state index in [4.69, 9.17) is 0 Å². The number of allylic oxidation sites excluding steroid dienone is 2. The van der Waals surface area contributed by atoms with Crippen LogP contribution in [0, 0.1) is 56.2 Å². The Morgan fingerprint density at radius 1 is 0.750 bits per heavy atom. The number of carbonyl (C=O) groups excluding carboxylic acids is 1. The zero-order valence-electron chi connectivity index (χ0n) is 27.9. The van der Waals surface area contributed by atoms with Crippen molar-refractivity contribution in [1.29, 1.82) is 0 Å². The van der Waals surface area contributed by atoms with Crippen LogP contribution in [0.1, 0.15) is 148 Å². The smallest absolute Gasteiger partial charge is 0.134 e. The molecule has 7 fully saturated rings. The quantitative estimate of drug-likeness (QED) is 0.273. The Bertz CT molecular complexity index is 1350. The molecule has 1 aromatic rings. The molecular weight excluding hydrogens is 539 g/mol. The van der Waals surface area contributed by atoms with Gasteiger partial charge < -0.3 is 0 Å². The molecule has 8 unspecified atom stereocenters. The van der Waals surface area contributed by atoms with E-state index in [2.05, 4.69) is 57.2 Å². The molecule has 0 radical (unpaired) electrons. The molecule has 238 valence electrons. The molecule has 0 spiro atoms. The second-order valence-corrected chi connectivity index (χ2v) is 18.6. The number of Topliss-reactive ketones (excluding diaryl/α,β-unsaturated/α-hetero) is 1. The lowest BCUT2D eigenvalue weighted by atomic mass is 9.33. The van der Waals surface area contributed by atoms with Gasteiger partial charge in [-0.15, -0.1) is 0 Å². The summed E-state index contributed by atoms with van der Waals surface area (Å²) < 4.78 is 15.8. The monoisotopic (exact) mass is 596 g/mol. The van der Waals surface area contributed by atoms with E-state index in [1.54, 1.807) is 0 Å². The van der Waals surface area contributed by atoms with E-state index in [0.717, 1.165) is 19.3 Å². The van der Waals surface area contributed by atoms with Crippen LogP contribution < -0.4 is 0 Å². The van der Waals surface area contributed by atoms with E-state index in [1.807, 2.05) is 5.57 Å². The van der Waals surface area contributed by atoms with E-state index in [9.17, 15) is 4.79 Å². The Hall–Kier alpha value is -1.44. The van der Waals surface area contributed by atoms with Gasteiger partial charge in [-0.05, 0) is 145 Å². The van der Waals surface area contributed by atoms with Crippen LogP contribution in [-0.2, 0) is 4.79 Å². The van der Waals surface area contributed by atoms with E-state index in [-0.39, 0.29) is 33.0 Å². The van der Waals surface area contributed by atoms with Gasteiger partial charge in [0, 0.05) is 12.8 Å². The standard InChI is InChI=1S/C42H57FO/c1-37(2)18-13-21-41(37,39(19-11-6-12-20-39)29-16-9-5-10-17-29)40(26-30(44)27-40)36-35(38(3)22-23-38)42(36,33-25-34(33)43)32-24-31(32)28-14-7-4-8-15-28/h4,7-8,14-16,31-36H,5-6,9-13,17-27H2,1-3H3. The van der Waals surface area contributed by atoms with E-state index in [1.165, 1.54) is 102 Å². The number of hydrogen-bond acceptors (Lipinski definition) is 1. The average molecular weight is 597 g/mol. The van der Waals surface area contributed by atoms with Crippen molar-refractivity contribution in [2.45, 2.75) is 148 Å². The maximum atomic E-state index is 15.8. The highest BCUT2D eigenvalue weighted by molar-refractivity contribution is 5.87. The zero-order valence-corrected chi connectivity index (χ0v) is 27.9. The van der Waals surface area contributed by atoms with Crippen molar-refractivity contribution in [2.75, 3.05) is 0 Å². The fraction of sp³-hybridized carbons (Fsp3) is 0.786. The zero-order chi connectivity index (χ0) is 30.2. The normalized spacial score (nSPS) is 45.6. The first-order chi connectivity index (χ1) is 21.2. The minimum Gasteiger partial charge on any atom is -0.300 e. The van der Waals surface area contributed by atoms with Gasteiger partial charge in [0.25, 0.3) is 0 Å². The molecule has 2 heteroatoms. The summed E-state index contributed by atoms with van der Waals surface area (Å²) in [5.74, 6) is 3.10. The molecule has 1 nitrogen and oxygen atoms in total. The minimum absolute atomic E-state index is 0.0438. The van der Waals surface area contributed by atoms with Crippen LogP contribution in [0.15, 0.2) is 42.0 Å². The number of rotatable bonds is 8. The predicted octanol–water partition coefficient (Wildman–Crippen LogP) is 11.2. The molecule has 0 N–H and O–H groups in total. The number of hydrogen-bond donors (Lipinski definition) is 0. The molecule has 0 amide bonds. The summed E-state index contributed by atoms with van der Waals surface area (Å²) in [5.41, 5.74) is 4.40. The summed E-state index contributed by atoms with van der Waals surface area (Å²) in [6.07, 6.45) is 24.3. The van der Waals surface area contributed by atoms with Gasteiger partial charge in [-0.3, -0.25) is 4.79 Å². The Morgan fingerprint density at radius 3 is 2.05 bits per heavy atom. The number of carbonyl (C=O) groups is 1. The lowest BCUT2D eigenvalue weighted by molar-refractivity contribution is -0.204. The highest BCUT2D eigenvalue weighted by atomic mass is 19.1. The Morgan fingerprint density at radius 2 is 1.48 bits per heavy atom. The molecule has 0 aromatic heterocycles. The first-order valence-electron chi connectivity index (χ1n) is 19.1. The summed E-state index contributed by atoms with van der Waals surface area (Å²) in [7, 11) is 0. The van der Waals surface area contributed by atoms with Gasteiger partial charge in [0.1, 0.15) is 12.0 Å². The fourth-order valence-electron chi connectivity index (χ4n) is 15.0. The third kappa shape index (κ3) is 3.51. The second kappa shape index (κ2) is 9.34. The fourth-order valence-corrected chi connectivity index (χ4v) is 15.0. The summed E-state index contributed by atoms with van der Waals surface area (Å²) in [6.45, 7) is 7.89. The lowest BCUT2D eigenvalue weighted by Gasteiger charge is -2.70. The molecule has 8 aliphatic rings. The Labute approximate surface area is 266 Å². The van der Waals surface area contributed by atoms with Gasteiger partial charge in [-0.25, -0.2) is 4.39 Å². The molecule has 0 aliphatic heterocycles. The van der Waals surface area contributed by atoms with Crippen LogP contribution in [0.5, 0.6) is 0 Å². The van der Waals surface area contributed by atoms with Gasteiger partial charge in [-0.2, -0.15) is 0 Å². The highest BCUT2D eigenvalue weighted by Crippen LogP contribution is 2.94. The summed E-state index contributed by atoms with van der Waals surface area (Å²) >= 11 is 0. The number of halogens is 1. The first kappa shape index (κ1) is 28.8. The maximum Gasteiger partial charge on any atom is 0.134 e. The highest BCUT2D eigenvalue weighted by Gasteiger charge is 2.91. The summed E-state index contributed by atoms with van der Waals surface area (Å²) in [5, 5.41) is 0. The van der Waals surface area contributed by atoms with Gasteiger partial charge in [0.15, 0.2) is 0 Å². The van der Waals surface area contributed by atoms with Crippen molar-refractivity contribution in [3.8, 4) is 0 Å². The predicted molar refractivity (Wildman–Crippen MR) is 176 cm³/mol. The molecular formula is C42H57FO. The first-order valence-corrected chi connectivity index (χ1v) is 19.1. The van der Waals surface area contributed by atoms with Crippen LogP contribution in [0.3, 0.4) is 0 Å². The summed E-state index contributed by atoms with van der Waals surface area (Å²) in [4.78, 5) is 13.7. The van der Waals surface area contributed by atoms with Crippen molar-refractivity contribution in [3.05, 3.63) is 47.5 Å². The molecule has 9 rings (SSSR count). The third-order valence-corrected chi connectivity index (χ3v) is 16.5. The van der Waals surface area contributed by atoms with Crippen LogP contribution >= 0.6 is 0 Å². The topological polar surface area (TPSA) is 17.1 Å². The molecule has 0 saturated heterocycles. The van der Waals surface area contributed by atoms with Gasteiger partial charge in [-0.1, -0.05) is 88.4 Å². The van der Waals surface area contributed by atoms with Crippen molar-refractivity contribution >= 4 is 5.78 Å². The largest absolute Gasteiger partial charge is 0.300 e. The number of alkyl halides is 1. The molecule has 1 aromatic carbocycles. The average Bonchev–Trinajstić information content (AvgIpc) is 3.86. The Balaban J connectivity index is 1.25. The SMILES string of the molecule is CC1(C2C(C3(C4(C5(C6=CCCCC6)CCCCC5)CCCC4(C)C)CC(=O)C3)C2(C2CC2F)C2CC2c2ccccc2)CC1. The number of ketones is 1. The minimum atomic E-state index is -0.619. The van der Waals surface area contributed by atoms with Crippen LogP contribution in [0.4, 0.5) is 4.39 Å². The van der Waals surface area contributed by atoms with E-state index >= 15 is 4.39 Å². The van der Waals surface area contributed by atoms with Gasteiger partial charge in [0.05, 0.1) is 0 Å². The second-order valence-electron chi connectivity index (χ2n) is 18.6. The van der Waals surface area contributed by atoms with E-state index in [0.29, 0.717) is 34.9 Å². The van der Waals surface area contributed by atoms with Crippen molar-refractivity contribution in [2.24, 2.45) is 56.2 Å². The molecule has 44 heavy (non-hydrogen) atoms. The molecule has 0 heterocycles. The molecule has 0 bridgehead atoms. The van der Waals surface area contributed by atoms with Crippen molar-refractivity contribution in [1.82, 2.24) is 0 Å². The third-order valence-electron chi connectivity index (χ3n) is 16.5. The van der Waals surface area contributed by atoms with Crippen molar-refractivity contribution in [3.63, 3.8) is 0 Å². The lowest BCUT2D eigenvalue weighted by Crippen LogP contribution is -2.66.